The molecule has 2 heterocycles. The third kappa shape index (κ3) is 2.62. The van der Waals surface area contributed by atoms with E-state index in [9.17, 15) is 0 Å². The highest BCUT2D eigenvalue weighted by Crippen LogP contribution is 2.21. The van der Waals surface area contributed by atoms with Crippen LogP contribution in [-0.4, -0.2) is 24.5 Å². The Morgan fingerprint density at radius 2 is 2.10 bits per heavy atom. The Labute approximate surface area is 127 Å². The van der Waals surface area contributed by atoms with Gasteiger partial charge in [0.2, 0.25) is 0 Å². The minimum absolute atomic E-state index is 0.536. The predicted molar refractivity (Wildman–Crippen MR) is 81.9 cm³/mol. The lowest BCUT2D eigenvalue weighted by Crippen LogP contribution is -2.02. The molecule has 0 aliphatic rings. The Morgan fingerprint density at radius 3 is 2.76 bits per heavy atom. The molecule has 0 radical (unpaired) electrons. The Balaban J connectivity index is 1.89. The summed E-state index contributed by atoms with van der Waals surface area (Å²) >= 11 is 6.23. The number of hydrogen-bond donors (Lipinski definition) is 1. The van der Waals surface area contributed by atoms with E-state index in [2.05, 4.69) is 15.2 Å². The summed E-state index contributed by atoms with van der Waals surface area (Å²) in [5.41, 5.74) is 9.20. The molecule has 0 fully saturated rings. The van der Waals surface area contributed by atoms with Crippen LogP contribution in [0.3, 0.4) is 0 Å². The molecule has 0 amide bonds. The first-order chi connectivity index (χ1) is 10.0. The van der Waals surface area contributed by atoms with Crippen LogP contribution in [0.4, 0.5) is 5.69 Å². The Bertz CT molecular complexity index is 789. The molecule has 6 nitrogen and oxygen atoms in total. The number of hydrogen-bond acceptors (Lipinski definition) is 4. The Kier molecular flexibility index (Phi) is 3.39. The summed E-state index contributed by atoms with van der Waals surface area (Å²) in [5.74, 6) is 0.639. The Hall–Kier alpha value is -2.34. The molecule has 3 aromatic rings. The third-order valence-electron chi connectivity index (χ3n) is 3.27. The zero-order valence-corrected chi connectivity index (χ0v) is 12.5. The molecule has 2 aromatic heterocycles. The van der Waals surface area contributed by atoms with Gasteiger partial charge in [0.1, 0.15) is 11.5 Å². The van der Waals surface area contributed by atoms with E-state index in [1.54, 1.807) is 15.7 Å². The summed E-state index contributed by atoms with van der Waals surface area (Å²) < 4.78 is 3.40. The number of benzene rings is 1. The van der Waals surface area contributed by atoms with E-state index >= 15 is 0 Å². The van der Waals surface area contributed by atoms with Crippen molar-refractivity contribution in [2.75, 3.05) is 5.73 Å². The van der Waals surface area contributed by atoms with Gasteiger partial charge in [0.15, 0.2) is 5.82 Å². The third-order valence-corrected chi connectivity index (χ3v) is 3.74. The molecule has 0 bridgehead atoms. The van der Waals surface area contributed by atoms with Crippen LogP contribution in [-0.2, 0) is 13.6 Å². The highest BCUT2D eigenvalue weighted by Gasteiger charge is 2.13. The van der Waals surface area contributed by atoms with Crippen LogP contribution < -0.4 is 5.73 Å². The van der Waals surface area contributed by atoms with Crippen LogP contribution in [0.5, 0.6) is 0 Å². The molecule has 0 saturated heterocycles. The van der Waals surface area contributed by atoms with Crippen LogP contribution in [0.2, 0.25) is 5.15 Å². The van der Waals surface area contributed by atoms with Crippen molar-refractivity contribution in [1.29, 1.82) is 0 Å². The number of nitrogens with two attached hydrogens (primary N) is 1. The maximum Gasteiger partial charge on any atom is 0.181 e. The van der Waals surface area contributed by atoms with Gasteiger partial charge in [-0.2, -0.15) is 10.2 Å². The molecule has 0 atom stereocenters. The van der Waals surface area contributed by atoms with Crippen molar-refractivity contribution in [2.24, 2.45) is 7.05 Å². The quantitative estimate of drug-likeness (QED) is 0.753. The van der Waals surface area contributed by atoms with Crippen molar-refractivity contribution < 1.29 is 0 Å². The van der Waals surface area contributed by atoms with Crippen LogP contribution in [0.1, 0.15) is 11.3 Å². The molecule has 0 unspecified atom stereocenters. The van der Waals surface area contributed by atoms with E-state index in [1.165, 1.54) is 0 Å². The molecule has 1 aromatic carbocycles. The van der Waals surface area contributed by atoms with Gasteiger partial charge in [0, 0.05) is 23.9 Å². The second-order valence-corrected chi connectivity index (χ2v) is 5.23. The van der Waals surface area contributed by atoms with Crippen LogP contribution in [0, 0.1) is 6.92 Å². The van der Waals surface area contributed by atoms with E-state index in [1.807, 2.05) is 38.2 Å². The fourth-order valence-electron chi connectivity index (χ4n) is 2.20. The minimum Gasteiger partial charge on any atom is -0.399 e. The molecule has 0 spiro atoms. The van der Waals surface area contributed by atoms with Gasteiger partial charge in [-0.3, -0.25) is 4.68 Å². The van der Waals surface area contributed by atoms with E-state index in [4.69, 9.17) is 17.3 Å². The maximum absolute atomic E-state index is 6.23. The number of nitrogen functional groups attached to an aromatic ring is 1. The first kappa shape index (κ1) is 13.6. The van der Waals surface area contributed by atoms with Gasteiger partial charge in [-0.05, 0) is 19.1 Å². The maximum atomic E-state index is 6.23. The molecule has 2 N–H and O–H groups in total. The number of rotatable bonds is 3. The van der Waals surface area contributed by atoms with Crippen molar-refractivity contribution in [3.8, 4) is 11.4 Å². The number of anilines is 1. The van der Waals surface area contributed by atoms with E-state index in [0.29, 0.717) is 23.2 Å². The molecule has 21 heavy (non-hydrogen) atoms. The van der Waals surface area contributed by atoms with Crippen LogP contribution in [0.25, 0.3) is 11.4 Å². The fourth-order valence-corrected chi connectivity index (χ4v) is 2.43. The summed E-state index contributed by atoms with van der Waals surface area (Å²) in [5, 5.41) is 9.37. The van der Waals surface area contributed by atoms with Gasteiger partial charge >= 0.3 is 0 Å². The lowest BCUT2D eigenvalue weighted by Gasteiger charge is -2.01. The second kappa shape index (κ2) is 5.21. The van der Waals surface area contributed by atoms with Crippen molar-refractivity contribution in [2.45, 2.75) is 13.5 Å². The zero-order chi connectivity index (χ0) is 15.0. The van der Waals surface area contributed by atoms with Crippen molar-refractivity contribution in [1.82, 2.24) is 24.5 Å². The molecular formula is C14H15ClN6. The molecule has 0 aliphatic carbocycles. The number of aromatic nitrogens is 5. The van der Waals surface area contributed by atoms with Gasteiger partial charge in [-0.15, -0.1) is 0 Å². The largest absolute Gasteiger partial charge is 0.399 e. The highest BCUT2D eigenvalue weighted by atomic mass is 35.5. The molecule has 0 aliphatic heterocycles. The summed E-state index contributed by atoms with van der Waals surface area (Å²) in [7, 11) is 1.82. The van der Waals surface area contributed by atoms with Crippen molar-refractivity contribution in [3.05, 3.63) is 47.0 Å². The number of aryl methyl sites for hydroxylation is 2. The monoisotopic (exact) mass is 302 g/mol. The van der Waals surface area contributed by atoms with Gasteiger partial charge in [0.25, 0.3) is 0 Å². The number of nitrogens with zero attached hydrogens (tertiary/aromatic N) is 5. The highest BCUT2D eigenvalue weighted by molar-refractivity contribution is 6.30. The van der Waals surface area contributed by atoms with Crippen LogP contribution in [0.15, 0.2) is 30.6 Å². The van der Waals surface area contributed by atoms with Gasteiger partial charge in [-0.1, -0.05) is 23.7 Å². The molecule has 3 rings (SSSR count). The van der Waals surface area contributed by atoms with Crippen molar-refractivity contribution >= 4 is 17.3 Å². The molecule has 108 valence electrons. The summed E-state index contributed by atoms with van der Waals surface area (Å²) in [6.45, 7) is 2.46. The Morgan fingerprint density at radius 1 is 1.29 bits per heavy atom. The summed E-state index contributed by atoms with van der Waals surface area (Å²) in [4.78, 5) is 4.32. The molecule has 7 heteroatoms. The first-order valence-corrected chi connectivity index (χ1v) is 6.85. The van der Waals surface area contributed by atoms with Crippen molar-refractivity contribution in [3.63, 3.8) is 0 Å². The van der Waals surface area contributed by atoms with Gasteiger partial charge in [0.05, 0.1) is 12.2 Å². The van der Waals surface area contributed by atoms with Gasteiger partial charge < -0.3 is 5.73 Å². The van der Waals surface area contributed by atoms with E-state index in [0.717, 1.165) is 16.8 Å². The van der Waals surface area contributed by atoms with Crippen LogP contribution >= 0.6 is 11.6 Å². The number of halogens is 1. The predicted octanol–water partition coefficient (Wildman–Crippen LogP) is 2.27. The first-order valence-electron chi connectivity index (χ1n) is 6.48. The second-order valence-electron chi connectivity index (χ2n) is 4.87. The van der Waals surface area contributed by atoms with Gasteiger partial charge in [-0.25, -0.2) is 9.67 Å². The average molecular weight is 303 g/mol. The SMILES string of the molecule is Cc1nn(C)c(Cl)c1Cn1cnc(-c2cccc(N)c2)n1. The average Bonchev–Trinajstić information content (AvgIpc) is 3.00. The molecule has 0 saturated carbocycles. The topological polar surface area (TPSA) is 74.5 Å². The lowest BCUT2D eigenvalue weighted by molar-refractivity contribution is 0.683. The lowest BCUT2D eigenvalue weighted by atomic mass is 10.2. The molecular weight excluding hydrogens is 288 g/mol. The summed E-state index contributed by atoms with van der Waals surface area (Å²) in [6.07, 6.45) is 1.68. The van der Waals surface area contributed by atoms with E-state index in [-0.39, 0.29) is 0 Å². The zero-order valence-electron chi connectivity index (χ0n) is 11.8. The normalized spacial score (nSPS) is 11.0. The summed E-state index contributed by atoms with van der Waals surface area (Å²) in [6, 6.07) is 7.49. The minimum atomic E-state index is 0.536. The fraction of sp³-hybridized carbons (Fsp3) is 0.214. The standard InChI is InChI=1S/C14H15ClN6/c1-9-12(13(15)20(2)18-9)7-21-8-17-14(19-21)10-4-3-5-11(16)6-10/h3-6,8H,7,16H2,1-2H3. The van der Waals surface area contributed by atoms with E-state index < -0.39 is 0 Å². The smallest absolute Gasteiger partial charge is 0.181 e.